The molecule has 374 valence electrons. The van der Waals surface area contributed by atoms with Gasteiger partial charge in [-0.25, -0.2) is 0 Å². The lowest BCUT2D eigenvalue weighted by molar-refractivity contribution is 0.592. The van der Waals surface area contributed by atoms with Crippen molar-refractivity contribution in [3.8, 4) is 77.9 Å². The molecule has 0 saturated heterocycles. The Hall–Kier alpha value is -9.70. The zero-order valence-electron chi connectivity index (χ0n) is 44.7. The van der Waals surface area contributed by atoms with Gasteiger partial charge in [0.05, 0.1) is 11.4 Å². The third kappa shape index (κ3) is 8.38. The molecule has 79 heavy (non-hydrogen) atoms. The first-order valence-corrected chi connectivity index (χ1v) is 27.6. The lowest BCUT2D eigenvalue weighted by Crippen LogP contribution is -2.61. The van der Waals surface area contributed by atoms with Crippen LogP contribution in [0.3, 0.4) is 0 Å². The maximum atomic E-state index is 2.68. The summed E-state index contributed by atoms with van der Waals surface area (Å²) >= 11 is 0. The van der Waals surface area contributed by atoms with Crippen LogP contribution in [0.25, 0.3) is 77.9 Å². The van der Waals surface area contributed by atoms with Gasteiger partial charge in [-0.3, -0.25) is 0 Å². The second kappa shape index (κ2) is 19.7. The molecule has 3 heteroatoms. The molecular weight excluding hydrogens is 952 g/mol. The zero-order chi connectivity index (χ0) is 53.0. The van der Waals surface area contributed by atoms with Gasteiger partial charge >= 0.3 is 0 Å². The van der Waals surface area contributed by atoms with E-state index in [-0.39, 0.29) is 12.1 Å². The molecule has 0 aromatic heterocycles. The van der Waals surface area contributed by atoms with Crippen molar-refractivity contribution in [3.05, 3.63) is 297 Å². The van der Waals surface area contributed by atoms with Gasteiger partial charge in [0.1, 0.15) is 0 Å². The van der Waals surface area contributed by atoms with Crippen molar-refractivity contribution in [2.75, 3.05) is 9.80 Å². The van der Waals surface area contributed by atoms with Gasteiger partial charge < -0.3 is 9.80 Å². The number of nitrogens with zero attached hydrogens (tertiary/aromatic N) is 2. The normalized spacial score (nSPS) is 12.4. The average Bonchev–Trinajstić information content (AvgIpc) is 3.06. The molecule has 0 N–H and O–H groups in total. The van der Waals surface area contributed by atoms with E-state index in [1.54, 1.807) is 0 Å². The van der Waals surface area contributed by atoms with E-state index in [0.717, 1.165) is 84.1 Å². The smallest absolute Gasteiger partial charge is 0.252 e. The van der Waals surface area contributed by atoms with Crippen LogP contribution in [0.2, 0.25) is 0 Å². The van der Waals surface area contributed by atoms with Gasteiger partial charge in [0, 0.05) is 45.0 Å². The molecule has 12 aromatic rings. The number of benzene rings is 12. The maximum Gasteiger partial charge on any atom is 0.252 e. The first-order valence-electron chi connectivity index (χ1n) is 27.6. The minimum absolute atomic E-state index is 0.180. The molecule has 0 atom stereocenters. The van der Waals surface area contributed by atoms with Crippen LogP contribution in [0.4, 0.5) is 34.1 Å². The standard InChI is InChI=1S/C76H57BN2/c1-76(2,3)66-51-70-68(50-65(66)58-39-23-10-24-40-58)77-67-47-59(52-27-11-4-12-28-52)45-46-69(67)78(74-61(54-31-15-6-16-32-54)41-25-42-62(74)55-33-17-7-18-34-55)71-48-60(53-29-13-5-14-30-53)49-72(73(71)77)79(70)75-63(56-35-19-8-20-36-56)43-26-44-64(75)57-37-21-9-22-38-57/h4-51H,1-3H3. The Labute approximate surface area is 465 Å². The molecule has 2 nitrogen and oxygen atoms in total. The van der Waals surface area contributed by atoms with Crippen LogP contribution in [0.1, 0.15) is 26.3 Å². The zero-order valence-corrected chi connectivity index (χ0v) is 44.7. The van der Waals surface area contributed by atoms with Gasteiger partial charge in [-0.1, -0.05) is 288 Å². The molecule has 14 rings (SSSR count). The van der Waals surface area contributed by atoms with E-state index in [9.17, 15) is 0 Å². The number of fused-ring (bicyclic) bond motifs is 4. The van der Waals surface area contributed by atoms with Crippen LogP contribution >= 0.6 is 0 Å². The van der Waals surface area contributed by atoms with Gasteiger partial charge in [-0.15, -0.1) is 0 Å². The number of para-hydroxylation sites is 2. The predicted octanol–water partition coefficient (Wildman–Crippen LogP) is 18.7. The van der Waals surface area contributed by atoms with Crippen LogP contribution in [0.5, 0.6) is 0 Å². The maximum absolute atomic E-state index is 2.68. The molecule has 0 saturated carbocycles. The highest BCUT2D eigenvalue weighted by atomic mass is 15.2. The van der Waals surface area contributed by atoms with E-state index in [1.165, 1.54) is 49.9 Å². The van der Waals surface area contributed by atoms with E-state index in [4.69, 9.17) is 0 Å². The molecule has 0 bridgehead atoms. The fourth-order valence-corrected chi connectivity index (χ4v) is 12.6. The predicted molar refractivity (Wildman–Crippen MR) is 337 cm³/mol. The van der Waals surface area contributed by atoms with Crippen molar-refractivity contribution >= 4 is 57.2 Å². The van der Waals surface area contributed by atoms with E-state index in [0.29, 0.717) is 0 Å². The molecule has 2 heterocycles. The monoisotopic (exact) mass is 1010 g/mol. The number of anilines is 6. The molecule has 2 aliphatic heterocycles. The van der Waals surface area contributed by atoms with Crippen molar-refractivity contribution < 1.29 is 0 Å². The molecule has 0 spiro atoms. The largest absolute Gasteiger partial charge is 0.310 e. The summed E-state index contributed by atoms with van der Waals surface area (Å²) in [4.78, 5) is 5.32. The Kier molecular flexibility index (Phi) is 11.9. The second-order valence-corrected chi connectivity index (χ2v) is 22.0. The molecule has 2 aliphatic rings. The summed E-state index contributed by atoms with van der Waals surface area (Å²) < 4.78 is 0. The Bertz CT molecular complexity index is 4080. The molecule has 0 fully saturated rings. The molecule has 0 aliphatic carbocycles. The van der Waals surface area contributed by atoms with Gasteiger partial charge in [0.25, 0.3) is 6.71 Å². The fourth-order valence-electron chi connectivity index (χ4n) is 12.6. The minimum Gasteiger partial charge on any atom is -0.310 e. The average molecular weight is 1010 g/mol. The minimum atomic E-state index is -0.221. The lowest BCUT2D eigenvalue weighted by Gasteiger charge is -2.46. The Balaban J connectivity index is 1.20. The van der Waals surface area contributed by atoms with Crippen molar-refractivity contribution in [2.24, 2.45) is 0 Å². The summed E-state index contributed by atoms with van der Waals surface area (Å²) in [5.74, 6) is 0. The summed E-state index contributed by atoms with van der Waals surface area (Å²) in [6, 6.07) is 108. The highest BCUT2D eigenvalue weighted by Crippen LogP contribution is 2.54. The van der Waals surface area contributed by atoms with Crippen molar-refractivity contribution in [2.45, 2.75) is 26.2 Å². The summed E-state index contributed by atoms with van der Waals surface area (Å²) in [5.41, 5.74) is 28.2. The lowest BCUT2D eigenvalue weighted by atomic mass is 9.33. The van der Waals surface area contributed by atoms with E-state index >= 15 is 0 Å². The van der Waals surface area contributed by atoms with Gasteiger partial charge in [0.2, 0.25) is 0 Å². The quantitative estimate of drug-likeness (QED) is 0.133. The van der Waals surface area contributed by atoms with Crippen LogP contribution in [-0.2, 0) is 5.41 Å². The second-order valence-electron chi connectivity index (χ2n) is 22.0. The number of rotatable bonds is 9. The molecule has 0 amide bonds. The SMILES string of the molecule is CC(C)(C)c1cc2c(cc1-c1ccccc1)B1c3cc(-c4ccccc4)ccc3N(c3c(-c4ccccc4)cccc3-c3ccccc3)c3cc(-c4ccccc4)cc(c31)N2c1c(-c2ccccc2)cccc1-c1ccccc1. The summed E-state index contributed by atoms with van der Waals surface area (Å²) in [6.07, 6.45) is 0. The third-order valence-corrected chi connectivity index (χ3v) is 16.2. The third-order valence-electron chi connectivity index (χ3n) is 16.2. The molecule has 0 unspecified atom stereocenters. The number of hydrogen-bond acceptors (Lipinski definition) is 2. The Morgan fingerprint density at radius 2 is 0.595 bits per heavy atom. The summed E-state index contributed by atoms with van der Waals surface area (Å²) in [6.45, 7) is 6.93. The van der Waals surface area contributed by atoms with Gasteiger partial charge in [-0.2, -0.15) is 0 Å². The Morgan fingerprint density at radius 3 is 0.987 bits per heavy atom. The van der Waals surface area contributed by atoms with E-state index in [2.05, 4.69) is 322 Å². The first-order chi connectivity index (χ1) is 38.9. The van der Waals surface area contributed by atoms with Crippen LogP contribution < -0.4 is 26.2 Å². The highest BCUT2D eigenvalue weighted by Gasteiger charge is 2.46. The van der Waals surface area contributed by atoms with Crippen molar-refractivity contribution in [1.29, 1.82) is 0 Å². The van der Waals surface area contributed by atoms with E-state index in [1.807, 2.05) is 0 Å². The molecule has 0 radical (unpaired) electrons. The van der Waals surface area contributed by atoms with Gasteiger partial charge in [-0.05, 0) is 107 Å². The first kappa shape index (κ1) is 47.7. The van der Waals surface area contributed by atoms with Crippen LogP contribution in [-0.4, -0.2) is 6.71 Å². The summed E-state index contributed by atoms with van der Waals surface area (Å²) in [5, 5.41) is 0. The van der Waals surface area contributed by atoms with Crippen LogP contribution in [0.15, 0.2) is 291 Å². The highest BCUT2D eigenvalue weighted by molar-refractivity contribution is 7.00. The van der Waals surface area contributed by atoms with Gasteiger partial charge in [0.15, 0.2) is 0 Å². The summed E-state index contributed by atoms with van der Waals surface area (Å²) in [7, 11) is 0. The molecule has 12 aromatic carbocycles. The van der Waals surface area contributed by atoms with Crippen molar-refractivity contribution in [1.82, 2.24) is 0 Å². The van der Waals surface area contributed by atoms with E-state index < -0.39 is 0 Å². The number of hydrogen-bond donors (Lipinski definition) is 0. The molecular formula is C76H57BN2. The topological polar surface area (TPSA) is 6.48 Å². The Morgan fingerprint density at radius 1 is 0.253 bits per heavy atom. The van der Waals surface area contributed by atoms with Crippen molar-refractivity contribution in [3.63, 3.8) is 0 Å². The fraction of sp³-hybridized carbons (Fsp3) is 0.0526. The van der Waals surface area contributed by atoms with Crippen LogP contribution in [0, 0.1) is 0 Å².